The van der Waals surface area contributed by atoms with Crippen LogP contribution in [0, 0.1) is 0 Å². The average molecular weight is 400 g/mol. The van der Waals surface area contributed by atoms with Crippen LogP contribution in [0.5, 0.6) is 5.75 Å². The minimum Gasteiger partial charge on any atom is -0.497 e. The van der Waals surface area contributed by atoms with E-state index in [1.54, 1.807) is 12.0 Å². The molecule has 0 saturated carbocycles. The molecule has 28 heavy (non-hydrogen) atoms. The molecule has 1 aliphatic rings. The predicted octanol–water partition coefficient (Wildman–Crippen LogP) is 1.92. The van der Waals surface area contributed by atoms with Gasteiger partial charge >= 0.3 is 5.76 Å². The van der Waals surface area contributed by atoms with E-state index in [4.69, 9.17) is 9.15 Å². The number of hydrogen-bond acceptors (Lipinski definition) is 7. The maximum Gasteiger partial charge on any atom is 0.437 e. The zero-order valence-corrected chi connectivity index (χ0v) is 16.2. The molecule has 0 atom stereocenters. The minimum absolute atomic E-state index is 0.115. The second-order valence-corrected chi connectivity index (χ2v) is 7.32. The van der Waals surface area contributed by atoms with E-state index in [9.17, 15) is 9.59 Å². The Balaban J connectivity index is 1.36. The van der Waals surface area contributed by atoms with Gasteiger partial charge in [0.1, 0.15) is 12.3 Å². The summed E-state index contributed by atoms with van der Waals surface area (Å²) >= 11 is 1.43. The molecule has 0 unspecified atom stereocenters. The topological polar surface area (TPSA) is 80.8 Å². The highest BCUT2D eigenvalue weighted by molar-refractivity contribution is 7.13. The molecule has 1 amide bonds. The summed E-state index contributed by atoms with van der Waals surface area (Å²) < 4.78 is 11.4. The van der Waals surface area contributed by atoms with Crippen molar-refractivity contribution in [3.8, 4) is 16.5 Å². The van der Waals surface area contributed by atoms with E-state index in [1.165, 1.54) is 11.3 Å². The van der Waals surface area contributed by atoms with Crippen molar-refractivity contribution < 1.29 is 13.9 Å². The number of methoxy groups -OCH3 is 1. The number of nitrogens with zero attached hydrogens (tertiary/aromatic N) is 4. The maximum absolute atomic E-state index is 12.6. The number of anilines is 1. The molecule has 8 nitrogen and oxygen atoms in total. The quantitative estimate of drug-likeness (QED) is 0.651. The van der Waals surface area contributed by atoms with Gasteiger partial charge in [0.15, 0.2) is 0 Å². The van der Waals surface area contributed by atoms with Crippen LogP contribution in [0.4, 0.5) is 5.69 Å². The summed E-state index contributed by atoms with van der Waals surface area (Å²) in [5, 5.41) is 6.02. The largest absolute Gasteiger partial charge is 0.497 e. The highest BCUT2D eigenvalue weighted by atomic mass is 32.1. The van der Waals surface area contributed by atoms with Crippen LogP contribution in [0.2, 0.25) is 0 Å². The number of carbonyl (C=O) groups is 1. The number of carbonyl (C=O) groups excluding carboxylic acids is 1. The zero-order valence-electron chi connectivity index (χ0n) is 15.4. The fourth-order valence-corrected chi connectivity index (χ4v) is 3.79. The van der Waals surface area contributed by atoms with E-state index < -0.39 is 5.76 Å². The standard InChI is InChI=1S/C19H20N4O4S/c1-26-15-6-4-14(5-7-15)21-8-10-22(11-9-21)17(24)13-23-19(25)27-18(20-23)16-3-2-12-28-16/h2-7,12H,8-11,13H2,1H3. The molecule has 3 heterocycles. The highest BCUT2D eigenvalue weighted by Gasteiger charge is 2.23. The molecular weight excluding hydrogens is 380 g/mol. The number of ether oxygens (including phenoxy) is 1. The molecule has 4 rings (SSSR count). The summed E-state index contributed by atoms with van der Waals surface area (Å²) in [5.74, 6) is 0.311. The summed E-state index contributed by atoms with van der Waals surface area (Å²) in [6.45, 7) is 2.53. The Bertz CT molecular complexity index is 986. The summed E-state index contributed by atoms with van der Waals surface area (Å²) in [5.41, 5.74) is 1.10. The normalized spacial score (nSPS) is 14.3. The van der Waals surface area contributed by atoms with E-state index in [2.05, 4.69) is 10.00 Å². The van der Waals surface area contributed by atoms with Crippen molar-refractivity contribution in [2.45, 2.75) is 6.54 Å². The molecule has 0 spiro atoms. The number of rotatable bonds is 5. The third kappa shape index (κ3) is 3.79. The first-order valence-corrected chi connectivity index (χ1v) is 9.80. The third-order valence-corrected chi connectivity index (χ3v) is 5.55. The van der Waals surface area contributed by atoms with Gasteiger partial charge in [-0.2, -0.15) is 4.68 Å². The van der Waals surface area contributed by atoms with Crippen LogP contribution in [0.25, 0.3) is 10.8 Å². The molecule has 0 bridgehead atoms. The molecule has 0 aliphatic carbocycles. The van der Waals surface area contributed by atoms with E-state index >= 15 is 0 Å². The van der Waals surface area contributed by atoms with Gasteiger partial charge in [-0.05, 0) is 35.7 Å². The predicted molar refractivity (Wildman–Crippen MR) is 106 cm³/mol. The lowest BCUT2D eigenvalue weighted by atomic mass is 10.2. The second-order valence-electron chi connectivity index (χ2n) is 6.37. The molecule has 1 saturated heterocycles. The van der Waals surface area contributed by atoms with Crippen LogP contribution < -0.4 is 15.4 Å². The first-order valence-electron chi connectivity index (χ1n) is 8.92. The number of hydrogen-bond donors (Lipinski definition) is 0. The van der Waals surface area contributed by atoms with Gasteiger partial charge in [-0.1, -0.05) is 6.07 Å². The molecule has 0 radical (unpaired) electrons. The van der Waals surface area contributed by atoms with Crippen molar-refractivity contribution in [3.05, 3.63) is 52.3 Å². The first-order chi connectivity index (χ1) is 13.6. The van der Waals surface area contributed by atoms with Crippen LogP contribution in [-0.4, -0.2) is 53.9 Å². The molecule has 3 aromatic rings. The van der Waals surface area contributed by atoms with Gasteiger partial charge in [0.05, 0.1) is 12.0 Å². The van der Waals surface area contributed by atoms with Crippen molar-refractivity contribution >= 4 is 22.9 Å². The summed E-state index contributed by atoms with van der Waals surface area (Å²) in [6, 6.07) is 11.5. The van der Waals surface area contributed by atoms with E-state index in [-0.39, 0.29) is 18.3 Å². The maximum atomic E-state index is 12.6. The lowest BCUT2D eigenvalue weighted by Crippen LogP contribution is -2.50. The number of amides is 1. The van der Waals surface area contributed by atoms with Gasteiger partial charge in [-0.25, -0.2) is 4.79 Å². The lowest BCUT2D eigenvalue weighted by molar-refractivity contribution is -0.132. The monoisotopic (exact) mass is 400 g/mol. The van der Waals surface area contributed by atoms with Gasteiger partial charge in [0, 0.05) is 31.9 Å². The zero-order chi connectivity index (χ0) is 19.5. The molecule has 2 aromatic heterocycles. The Morgan fingerprint density at radius 1 is 1.18 bits per heavy atom. The number of benzene rings is 1. The van der Waals surface area contributed by atoms with E-state index in [1.807, 2.05) is 41.8 Å². The van der Waals surface area contributed by atoms with Crippen LogP contribution in [0.15, 0.2) is 51.0 Å². The molecule has 1 aromatic carbocycles. The Morgan fingerprint density at radius 3 is 2.57 bits per heavy atom. The number of thiophene rings is 1. The van der Waals surface area contributed by atoms with Crippen molar-refractivity contribution in [1.29, 1.82) is 0 Å². The number of piperazine rings is 1. The Labute approximate surface area is 165 Å². The summed E-state index contributed by atoms with van der Waals surface area (Å²) in [7, 11) is 1.64. The van der Waals surface area contributed by atoms with Crippen LogP contribution >= 0.6 is 11.3 Å². The summed E-state index contributed by atoms with van der Waals surface area (Å²) in [4.78, 5) is 29.3. The lowest BCUT2D eigenvalue weighted by Gasteiger charge is -2.36. The Morgan fingerprint density at radius 2 is 1.93 bits per heavy atom. The van der Waals surface area contributed by atoms with Crippen LogP contribution in [0.1, 0.15) is 0 Å². The van der Waals surface area contributed by atoms with Crippen molar-refractivity contribution in [3.63, 3.8) is 0 Å². The fourth-order valence-electron chi connectivity index (χ4n) is 3.14. The molecule has 1 fully saturated rings. The van der Waals surface area contributed by atoms with E-state index in [0.29, 0.717) is 13.1 Å². The molecule has 1 aliphatic heterocycles. The van der Waals surface area contributed by atoms with Gasteiger partial charge in [0.25, 0.3) is 5.89 Å². The van der Waals surface area contributed by atoms with Crippen LogP contribution in [-0.2, 0) is 11.3 Å². The average Bonchev–Trinajstić information content (AvgIpc) is 3.38. The van der Waals surface area contributed by atoms with Crippen molar-refractivity contribution in [1.82, 2.24) is 14.7 Å². The summed E-state index contributed by atoms with van der Waals surface area (Å²) in [6.07, 6.45) is 0. The Kier molecular flexibility index (Phi) is 5.16. The van der Waals surface area contributed by atoms with Crippen LogP contribution in [0.3, 0.4) is 0 Å². The molecular formula is C19H20N4O4S. The number of aromatic nitrogens is 2. The molecule has 9 heteroatoms. The fraction of sp³-hybridized carbons (Fsp3) is 0.316. The minimum atomic E-state index is -0.617. The second kappa shape index (κ2) is 7.89. The van der Waals surface area contributed by atoms with Gasteiger partial charge < -0.3 is 19.0 Å². The SMILES string of the molecule is COc1ccc(N2CCN(C(=O)Cn3nc(-c4cccs4)oc3=O)CC2)cc1. The third-order valence-electron chi connectivity index (χ3n) is 4.69. The van der Waals surface area contributed by atoms with Gasteiger partial charge in [-0.15, -0.1) is 16.4 Å². The van der Waals surface area contributed by atoms with Crippen molar-refractivity contribution in [2.75, 3.05) is 38.2 Å². The van der Waals surface area contributed by atoms with Gasteiger partial charge in [0.2, 0.25) is 5.91 Å². The first kappa shape index (κ1) is 18.3. The van der Waals surface area contributed by atoms with Crippen molar-refractivity contribution in [2.24, 2.45) is 0 Å². The van der Waals surface area contributed by atoms with Gasteiger partial charge in [-0.3, -0.25) is 4.79 Å². The Hall–Kier alpha value is -3.07. The smallest absolute Gasteiger partial charge is 0.437 e. The highest BCUT2D eigenvalue weighted by Crippen LogP contribution is 2.22. The molecule has 146 valence electrons. The molecule has 0 N–H and O–H groups in total. The van der Waals surface area contributed by atoms with E-state index in [0.717, 1.165) is 34.1 Å².